The summed E-state index contributed by atoms with van der Waals surface area (Å²) in [6.45, 7) is -0.270. The molecule has 0 fully saturated rings. The van der Waals surface area contributed by atoms with E-state index in [0.717, 1.165) is 5.56 Å². The molecule has 160 valence electrons. The first kappa shape index (κ1) is 22.5. The molecule has 1 amide bonds. The van der Waals surface area contributed by atoms with Gasteiger partial charge in [0.2, 0.25) is 0 Å². The van der Waals surface area contributed by atoms with Crippen LogP contribution in [0.15, 0.2) is 36.4 Å². The van der Waals surface area contributed by atoms with Crippen LogP contribution in [0, 0.1) is 0 Å². The minimum Gasteiger partial charge on any atom is -0.496 e. The van der Waals surface area contributed by atoms with Crippen molar-refractivity contribution in [2.75, 3.05) is 35.0 Å². The maximum absolute atomic E-state index is 12.4. The van der Waals surface area contributed by atoms with E-state index in [2.05, 4.69) is 10.1 Å². The van der Waals surface area contributed by atoms with Gasteiger partial charge in [-0.15, -0.1) is 0 Å². The molecule has 2 rings (SSSR count). The van der Waals surface area contributed by atoms with E-state index in [1.807, 2.05) is 0 Å². The van der Waals surface area contributed by atoms with Gasteiger partial charge in [-0.05, 0) is 17.7 Å². The Morgan fingerprint density at radius 1 is 0.800 bits per heavy atom. The Balaban J connectivity index is 1.93. The molecule has 0 aliphatic carbocycles. The third-order valence-electron chi connectivity index (χ3n) is 4.12. The summed E-state index contributed by atoms with van der Waals surface area (Å²) >= 11 is 0. The summed E-state index contributed by atoms with van der Waals surface area (Å²) in [5, 5.41) is 2.63. The number of carbonyl (C=O) groups is 3. The second-order valence-electron chi connectivity index (χ2n) is 5.95. The summed E-state index contributed by atoms with van der Waals surface area (Å²) in [5.74, 6) is -0.732. The van der Waals surface area contributed by atoms with Crippen LogP contribution in [0.4, 0.5) is 0 Å². The highest BCUT2D eigenvalue weighted by Crippen LogP contribution is 2.34. The van der Waals surface area contributed by atoms with Gasteiger partial charge in [0.05, 0.1) is 34.0 Å². The molecule has 0 aliphatic rings. The van der Waals surface area contributed by atoms with Crippen molar-refractivity contribution in [3.63, 3.8) is 0 Å². The lowest BCUT2D eigenvalue weighted by Crippen LogP contribution is -2.28. The van der Waals surface area contributed by atoms with Crippen LogP contribution in [-0.2, 0) is 20.8 Å². The molecule has 0 radical (unpaired) electrons. The van der Waals surface area contributed by atoms with E-state index in [4.69, 9.17) is 18.9 Å². The fourth-order valence-corrected chi connectivity index (χ4v) is 2.53. The van der Waals surface area contributed by atoms with Gasteiger partial charge in [-0.1, -0.05) is 12.1 Å². The van der Waals surface area contributed by atoms with E-state index in [1.54, 1.807) is 24.3 Å². The monoisotopic (exact) mass is 417 g/mol. The molecule has 2 aromatic carbocycles. The average molecular weight is 417 g/mol. The second kappa shape index (κ2) is 10.7. The van der Waals surface area contributed by atoms with E-state index in [1.165, 1.54) is 40.6 Å². The zero-order valence-corrected chi connectivity index (χ0v) is 17.1. The number of rotatable bonds is 9. The van der Waals surface area contributed by atoms with Crippen molar-refractivity contribution in [1.82, 2.24) is 5.32 Å². The normalized spacial score (nSPS) is 10.0. The molecule has 0 saturated heterocycles. The van der Waals surface area contributed by atoms with Crippen molar-refractivity contribution in [1.29, 1.82) is 0 Å². The first-order chi connectivity index (χ1) is 14.4. The molecule has 0 spiro atoms. The minimum absolute atomic E-state index is 0.0985. The van der Waals surface area contributed by atoms with Gasteiger partial charge in [0.25, 0.3) is 5.91 Å². The Hall–Kier alpha value is -3.75. The van der Waals surface area contributed by atoms with Crippen LogP contribution in [0.5, 0.6) is 17.2 Å². The smallest absolute Gasteiger partial charge is 0.342 e. The SMILES string of the molecule is COC(=O)c1ccc(CNC(=O)COC(=O)c2cc(OC)c(OC)cc2OC)cc1. The number of methoxy groups -OCH3 is 4. The van der Waals surface area contributed by atoms with Crippen molar-refractivity contribution >= 4 is 17.8 Å². The summed E-state index contributed by atoms with van der Waals surface area (Å²) in [5.41, 5.74) is 1.27. The van der Waals surface area contributed by atoms with Crippen molar-refractivity contribution in [3.8, 4) is 17.2 Å². The standard InChI is InChI=1S/C21H23NO8/c1-26-16-10-18(28-3)17(27-2)9-15(16)21(25)30-12-19(23)22-11-13-5-7-14(8-6-13)20(24)29-4/h5-10H,11-12H2,1-4H3,(H,22,23). The Morgan fingerprint density at radius 2 is 1.40 bits per heavy atom. The lowest BCUT2D eigenvalue weighted by Gasteiger charge is -2.13. The first-order valence-corrected chi connectivity index (χ1v) is 8.84. The van der Waals surface area contributed by atoms with Gasteiger partial charge in [-0.2, -0.15) is 0 Å². The number of hydrogen-bond acceptors (Lipinski definition) is 8. The molecule has 30 heavy (non-hydrogen) atoms. The predicted molar refractivity (Wildman–Crippen MR) is 106 cm³/mol. The summed E-state index contributed by atoms with van der Waals surface area (Å²) in [4.78, 5) is 35.8. The molecular formula is C21H23NO8. The molecule has 9 nitrogen and oxygen atoms in total. The molecule has 9 heteroatoms. The summed E-state index contributed by atoms with van der Waals surface area (Å²) in [6.07, 6.45) is 0. The Morgan fingerprint density at radius 3 is 1.97 bits per heavy atom. The van der Waals surface area contributed by atoms with Crippen molar-refractivity contribution in [3.05, 3.63) is 53.1 Å². The van der Waals surface area contributed by atoms with Crippen LogP contribution < -0.4 is 19.5 Å². The van der Waals surface area contributed by atoms with Crippen LogP contribution in [0.25, 0.3) is 0 Å². The van der Waals surface area contributed by atoms with E-state index in [-0.39, 0.29) is 17.9 Å². The Labute approximate surface area is 173 Å². The zero-order chi connectivity index (χ0) is 22.1. The summed E-state index contributed by atoms with van der Waals surface area (Å²) in [7, 11) is 5.60. The van der Waals surface area contributed by atoms with Gasteiger partial charge in [-0.25, -0.2) is 9.59 Å². The fraction of sp³-hybridized carbons (Fsp3) is 0.286. The predicted octanol–water partition coefficient (Wildman–Crippen LogP) is 1.97. The maximum Gasteiger partial charge on any atom is 0.342 e. The molecule has 0 aliphatic heterocycles. The van der Waals surface area contributed by atoms with Crippen LogP contribution in [0.1, 0.15) is 26.3 Å². The van der Waals surface area contributed by atoms with Gasteiger partial charge in [0.15, 0.2) is 18.1 Å². The quantitative estimate of drug-likeness (QED) is 0.617. The number of ether oxygens (including phenoxy) is 5. The average Bonchev–Trinajstić information content (AvgIpc) is 2.79. The highest BCUT2D eigenvalue weighted by Gasteiger charge is 2.20. The third-order valence-corrected chi connectivity index (χ3v) is 4.12. The lowest BCUT2D eigenvalue weighted by molar-refractivity contribution is -0.124. The van der Waals surface area contributed by atoms with Crippen molar-refractivity contribution in [2.45, 2.75) is 6.54 Å². The first-order valence-electron chi connectivity index (χ1n) is 8.84. The van der Waals surface area contributed by atoms with Crippen molar-refractivity contribution < 1.29 is 38.1 Å². The number of amides is 1. The molecule has 1 N–H and O–H groups in total. The van der Waals surface area contributed by atoms with Gasteiger partial charge < -0.3 is 29.0 Å². The van der Waals surface area contributed by atoms with Crippen molar-refractivity contribution in [2.24, 2.45) is 0 Å². The number of benzene rings is 2. The van der Waals surface area contributed by atoms with Gasteiger partial charge in [0, 0.05) is 18.7 Å². The van der Waals surface area contributed by atoms with Crippen LogP contribution in [0.3, 0.4) is 0 Å². The molecule has 0 aromatic heterocycles. The lowest BCUT2D eigenvalue weighted by atomic mass is 10.1. The molecule has 0 saturated carbocycles. The molecule has 2 aromatic rings. The highest BCUT2D eigenvalue weighted by atomic mass is 16.5. The molecule has 0 heterocycles. The van der Waals surface area contributed by atoms with E-state index in [9.17, 15) is 14.4 Å². The van der Waals surface area contributed by atoms with E-state index >= 15 is 0 Å². The number of esters is 2. The van der Waals surface area contributed by atoms with Crippen LogP contribution in [-0.4, -0.2) is 52.9 Å². The third kappa shape index (κ3) is 5.63. The largest absolute Gasteiger partial charge is 0.496 e. The van der Waals surface area contributed by atoms with Gasteiger partial charge in [0.1, 0.15) is 11.3 Å². The fourth-order valence-electron chi connectivity index (χ4n) is 2.53. The van der Waals surface area contributed by atoms with Gasteiger partial charge >= 0.3 is 11.9 Å². The van der Waals surface area contributed by atoms with Gasteiger partial charge in [-0.3, -0.25) is 4.79 Å². The van der Waals surface area contributed by atoms with Crippen LogP contribution >= 0.6 is 0 Å². The number of carbonyl (C=O) groups excluding carboxylic acids is 3. The van der Waals surface area contributed by atoms with E-state index in [0.29, 0.717) is 17.1 Å². The minimum atomic E-state index is -0.745. The maximum atomic E-state index is 12.4. The number of hydrogen-bond donors (Lipinski definition) is 1. The topological polar surface area (TPSA) is 109 Å². The Kier molecular flexibility index (Phi) is 8.04. The molecule has 0 unspecified atom stereocenters. The second-order valence-corrected chi connectivity index (χ2v) is 5.95. The van der Waals surface area contributed by atoms with E-state index < -0.39 is 24.5 Å². The van der Waals surface area contributed by atoms with Crippen LogP contribution in [0.2, 0.25) is 0 Å². The summed E-state index contributed by atoms with van der Waals surface area (Å²) < 4.78 is 25.2. The zero-order valence-electron chi connectivity index (χ0n) is 17.1. The summed E-state index contributed by atoms with van der Waals surface area (Å²) in [6, 6.07) is 9.47. The highest BCUT2D eigenvalue weighted by molar-refractivity contribution is 5.95. The molecule has 0 atom stereocenters. The molecule has 0 bridgehead atoms. The number of nitrogens with one attached hydrogen (secondary N) is 1. The molecular weight excluding hydrogens is 394 g/mol. The Bertz CT molecular complexity index is 908.